The molecule has 4 rings (SSSR count). The molecule has 1 fully saturated rings. The van der Waals surface area contributed by atoms with Crippen LogP contribution in [0.3, 0.4) is 0 Å². The van der Waals surface area contributed by atoms with Gasteiger partial charge in [0.25, 0.3) is 0 Å². The molecule has 1 saturated heterocycles. The van der Waals surface area contributed by atoms with E-state index in [-0.39, 0.29) is 29.4 Å². The molecule has 8 heteroatoms. The Labute approximate surface area is 161 Å². The number of amidine groups is 1. The van der Waals surface area contributed by atoms with Crippen LogP contribution in [-0.2, 0) is 15.6 Å². The van der Waals surface area contributed by atoms with E-state index < -0.39 is 9.84 Å². The molecule has 2 aliphatic heterocycles. The SMILES string of the molecule is O=S1(=O)CC2N=C(SCc3ccc(F)cc3)N(c3cccc(Cl)c3)C2C1. The molecule has 26 heavy (non-hydrogen) atoms. The zero-order chi connectivity index (χ0) is 18.3. The first-order valence-corrected chi connectivity index (χ1v) is 11.3. The standard InChI is InChI=1S/C18H16ClFN2O2S2/c19-13-2-1-3-15(8-13)22-17-11-26(23,24)10-16(17)21-18(22)25-9-12-4-6-14(20)7-5-12/h1-8,16-17H,9-11H2. The quantitative estimate of drug-likeness (QED) is 0.773. The monoisotopic (exact) mass is 410 g/mol. The van der Waals surface area contributed by atoms with E-state index >= 15 is 0 Å². The molecule has 2 aromatic carbocycles. The highest BCUT2D eigenvalue weighted by atomic mass is 35.5. The minimum absolute atomic E-state index is 0.0787. The number of thioether (sulfide) groups is 1. The number of nitrogens with zero attached hydrogens (tertiary/aromatic N) is 2. The van der Waals surface area contributed by atoms with Crippen molar-refractivity contribution in [1.29, 1.82) is 0 Å². The lowest BCUT2D eigenvalue weighted by Crippen LogP contribution is -2.39. The highest BCUT2D eigenvalue weighted by molar-refractivity contribution is 8.13. The Morgan fingerprint density at radius 2 is 1.96 bits per heavy atom. The second-order valence-corrected chi connectivity index (χ2v) is 9.92. The van der Waals surface area contributed by atoms with Gasteiger partial charge in [-0.05, 0) is 35.9 Å². The molecule has 0 aliphatic carbocycles. The van der Waals surface area contributed by atoms with Crippen LogP contribution in [0.4, 0.5) is 10.1 Å². The van der Waals surface area contributed by atoms with Crippen LogP contribution < -0.4 is 4.90 Å². The second-order valence-electron chi connectivity index (χ2n) is 6.39. The Kier molecular flexibility index (Phi) is 4.71. The Morgan fingerprint density at radius 3 is 2.69 bits per heavy atom. The lowest BCUT2D eigenvalue weighted by atomic mass is 10.1. The third-order valence-electron chi connectivity index (χ3n) is 4.48. The van der Waals surface area contributed by atoms with Gasteiger partial charge in [0.05, 0.1) is 23.6 Å². The smallest absolute Gasteiger partial charge is 0.164 e. The van der Waals surface area contributed by atoms with Crippen molar-refractivity contribution in [2.45, 2.75) is 17.8 Å². The second kappa shape index (κ2) is 6.87. The fraction of sp³-hybridized carbons (Fsp3) is 0.278. The van der Waals surface area contributed by atoms with Crippen LogP contribution in [0.5, 0.6) is 0 Å². The molecule has 4 nitrogen and oxygen atoms in total. The first-order chi connectivity index (χ1) is 12.4. The van der Waals surface area contributed by atoms with Gasteiger partial charge in [0.2, 0.25) is 0 Å². The van der Waals surface area contributed by atoms with E-state index in [2.05, 4.69) is 4.99 Å². The van der Waals surface area contributed by atoms with Gasteiger partial charge in [-0.2, -0.15) is 0 Å². The largest absolute Gasteiger partial charge is 0.315 e. The first-order valence-electron chi connectivity index (χ1n) is 8.11. The summed E-state index contributed by atoms with van der Waals surface area (Å²) in [6, 6.07) is 13.3. The topological polar surface area (TPSA) is 49.7 Å². The van der Waals surface area contributed by atoms with Gasteiger partial charge < -0.3 is 4.90 Å². The van der Waals surface area contributed by atoms with Crippen molar-refractivity contribution in [2.75, 3.05) is 16.4 Å². The molecule has 0 N–H and O–H groups in total. The van der Waals surface area contributed by atoms with Gasteiger partial charge in [0, 0.05) is 16.5 Å². The summed E-state index contributed by atoms with van der Waals surface area (Å²) in [5.74, 6) is 0.531. The molecule has 136 valence electrons. The van der Waals surface area contributed by atoms with Gasteiger partial charge >= 0.3 is 0 Å². The van der Waals surface area contributed by atoms with Gasteiger partial charge in [0.1, 0.15) is 5.82 Å². The number of sulfone groups is 1. The fourth-order valence-corrected chi connectivity index (χ4v) is 6.40. The van der Waals surface area contributed by atoms with Crippen LogP contribution in [0.15, 0.2) is 53.5 Å². The molecule has 0 radical (unpaired) electrons. The van der Waals surface area contributed by atoms with Crippen molar-refractivity contribution in [3.8, 4) is 0 Å². The van der Waals surface area contributed by atoms with Crippen molar-refractivity contribution >= 4 is 44.1 Å². The minimum Gasteiger partial charge on any atom is -0.315 e. The van der Waals surface area contributed by atoms with Crippen LogP contribution in [0.1, 0.15) is 5.56 Å². The van der Waals surface area contributed by atoms with Gasteiger partial charge in [-0.1, -0.05) is 41.6 Å². The molecule has 0 spiro atoms. The number of aliphatic imine (C=N–C) groups is 1. The Balaban J connectivity index is 1.61. The fourth-order valence-electron chi connectivity index (χ4n) is 3.29. The maximum Gasteiger partial charge on any atom is 0.164 e. The number of rotatable bonds is 3. The number of hydrogen-bond donors (Lipinski definition) is 0. The molecule has 0 aromatic heterocycles. The molecule has 2 aromatic rings. The summed E-state index contributed by atoms with van der Waals surface area (Å²) in [5.41, 5.74) is 1.82. The molecular weight excluding hydrogens is 395 g/mol. The van der Waals surface area contributed by atoms with Crippen molar-refractivity contribution in [1.82, 2.24) is 0 Å². The minimum atomic E-state index is -3.08. The lowest BCUT2D eigenvalue weighted by molar-refractivity contribution is 0.601. The van der Waals surface area contributed by atoms with Crippen LogP contribution in [-0.4, -0.2) is 37.2 Å². The first kappa shape index (κ1) is 17.8. The molecule has 0 bridgehead atoms. The number of benzene rings is 2. The van der Waals surface area contributed by atoms with Crippen LogP contribution in [0.2, 0.25) is 5.02 Å². The maximum absolute atomic E-state index is 13.1. The third-order valence-corrected chi connectivity index (χ3v) is 7.45. The zero-order valence-electron chi connectivity index (χ0n) is 13.7. The summed E-state index contributed by atoms with van der Waals surface area (Å²) < 4.78 is 37.2. The van der Waals surface area contributed by atoms with Crippen molar-refractivity contribution in [2.24, 2.45) is 4.99 Å². The molecule has 2 unspecified atom stereocenters. The number of anilines is 1. The van der Waals surface area contributed by atoms with Crippen molar-refractivity contribution in [3.63, 3.8) is 0 Å². The van der Waals surface area contributed by atoms with E-state index in [1.165, 1.54) is 23.9 Å². The van der Waals surface area contributed by atoms with E-state index in [1.54, 1.807) is 18.2 Å². The molecule has 2 atom stereocenters. The van der Waals surface area contributed by atoms with E-state index in [0.717, 1.165) is 16.4 Å². The Hall–Kier alpha value is -1.57. The summed E-state index contributed by atoms with van der Waals surface area (Å²) in [5, 5.41) is 1.37. The van der Waals surface area contributed by atoms with Crippen molar-refractivity contribution in [3.05, 3.63) is 64.9 Å². The van der Waals surface area contributed by atoms with Gasteiger partial charge in [0.15, 0.2) is 15.0 Å². The summed E-state index contributed by atoms with van der Waals surface area (Å²) in [7, 11) is -3.08. The summed E-state index contributed by atoms with van der Waals surface area (Å²) in [6.07, 6.45) is 0. The predicted molar refractivity (Wildman–Crippen MR) is 105 cm³/mol. The average molecular weight is 411 g/mol. The summed E-state index contributed by atoms with van der Waals surface area (Å²) >= 11 is 7.65. The Bertz CT molecular complexity index is 963. The Morgan fingerprint density at radius 1 is 1.19 bits per heavy atom. The normalized spacial score (nSPS) is 23.8. The predicted octanol–water partition coefficient (Wildman–Crippen LogP) is 3.75. The average Bonchev–Trinajstić information content (AvgIpc) is 3.05. The molecule has 2 aliphatic rings. The molecular formula is C18H16ClFN2O2S2. The molecule has 0 amide bonds. The maximum atomic E-state index is 13.1. The van der Waals surface area contributed by atoms with Crippen LogP contribution in [0.25, 0.3) is 0 Å². The van der Waals surface area contributed by atoms with Gasteiger partial charge in [-0.3, -0.25) is 4.99 Å². The zero-order valence-corrected chi connectivity index (χ0v) is 16.1. The van der Waals surface area contributed by atoms with E-state index in [1.807, 2.05) is 23.1 Å². The van der Waals surface area contributed by atoms with E-state index in [4.69, 9.17) is 11.6 Å². The lowest BCUT2D eigenvalue weighted by Gasteiger charge is -2.26. The number of hydrogen-bond acceptors (Lipinski definition) is 5. The van der Waals surface area contributed by atoms with E-state index in [9.17, 15) is 12.8 Å². The summed E-state index contributed by atoms with van der Waals surface area (Å²) in [4.78, 5) is 6.66. The van der Waals surface area contributed by atoms with Crippen molar-refractivity contribution < 1.29 is 12.8 Å². The van der Waals surface area contributed by atoms with Crippen LogP contribution >= 0.6 is 23.4 Å². The summed E-state index contributed by atoms with van der Waals surface area (Å²) in [6.45, 7) is 0. The molecule has 2 heterocycles. The highest BCUT2D eigenvalue weighted by Gasteiger charge is 2.47. The number of fused-ring (bicyclic) bond motifs is 1. The highest BCUT2D eigenvalue weighted by Crippen LogP contribution is 2.36. The van der Waals surface area contributed by atoms with Gasteiger partial charge in [-0.25, -0.2) is 12.8 Å². The van der Waals surface area contributed by atoms with E-state index in [0.29, 0.717) is 10.8 Å². The molecule has 0 saturated carbocycles. The van der Waals surface area contributed by atoms with Crippen LogP contribution in [0, 0.1) is 5.82 Å². The number of halogens is 2. The third kappa shape index (κ3) is 3.61. The van der Waals surface area contributed by atoms with Gasteiger partial charge in [-0.15, -0.1) is 0 Å².